The SMILES string of the molecule is CC[C@H](C)[C@@H]1NCc2ncncc2NC1=O. The van der Waals surface area contributed by atoms with Gasteiger partial charge in [0.05, 0.1) is 23.6 Å². The average molecular weight is 220 g/mol. The van der Waals surface area contributed by atoms with Gasteiger partial charge < -0.3 is 5.32 Å². The van der Waals surface area contributed by atoms with Gasteiger partial charge in [-0.2, -0.15) is 0 Å². The topological polar surface area (TPSA) is 66.9 Å². The lowest BCUT2D eigenvalue weighted by Gasteiger charge is -2.20. The summed E-state index contributed by atoms with van der Waals surface area (Å²) in [5.41, 5.74) is 1.56. The van der Waals surface area contributed by atoms with Crippen LogP contribution in [0.25, 0.3) is 0 Å². The molecule has 5 heteroatoms. The Morgan fingerprint density at radius 2 is 2.44 bits per heavy atom. The van der Waals surface area contributed by atoms with Crippen molar-refractivity contribution in [1.29, 1.82) is 0 Å². The molecule has 0 spiro atoms. The molecule has 5 nitrogen and oxygen atoms in total. The Morgan fingerprint density at radius 1 is 1.62 bits per heavy atom. The molecule has 0 saturated carbocycles. The van der Waals surface area contributed by atoms with Gasteiger partial charge in [0.15, 0.2) is 0 Å². The van der Waals surface area contributed by atoms with Crippen LogP contribution in [0.15, 0.2) is 12.5 Å². The minimum Gasteiger partial charge on any atom is -0.322 e. The molecule has 0 fully saturated rings. The molecule has 86 valence electrons. The number of fused-ring (bicyclic) bond motifs is 1. The highest BCUT2D eigenvalue weighted by Crippen LogP contribution is 2.18. The zero-order chi connectivity index (χ0) is 11.5. The third-order valence-corrected chi connectivity index (χ3v) is 3.04. The zero-order valence-electron chi connectivity index (χ0n) is 9.53. The van der Waals surface area contributed by atoms with Crippen LogP contribution in [0.5, 0.6) is 0 Å². The highest BCUT2D eigenvalue weighted by molar-refractivity contribution is 5.95. The summed E-state index contributed by atoms with van der Waals surface area (Å²) in [7, 11) is 0. The summed E-state index contributed by atoms with van der Waals surface area (Å²) in [6.45, 7) is 4.75. The number of carbonyl (C=O) groups is 1. The average Bonchev–Trinajstić information content (AvgIpc) is 2.46. The Labute approximate surface area is 94.7 Å². The molecular formula is C11H16N4O. The molecule has 0 bridgehead atoms. The van der Waals surface area contributed by atoms with Gasteiger partial charge in [0, 0.05) is 6.54 Å². The van der Waals surface area contributed by atoms with Crippen LogP contribution in [-0.4, -0.2) is 21.9 Å². The van der Waals surface area contributed by atoms with Crippen LogP contribution in [0.1, 0.15) is 26.0 Å². The molecule has 0 saturated heterocycles. The van der Waals surface area contributed by atoms with Crippen molar-refractivity contribution < 1.29 is 4.79 Å². The first-order valence-electron chi connectivity index (χ1n) is 5.55. The molecule has 16 heavy (non-hydrogen) atoms. The molecule has 1 aromatic rings. The van der Waals surface area contributed by atoms with Crippen molar-refractivity contribution in [2.75, 3.05) is 5.32 Å². The normalized spacial score (nSPS) is 21.9. The van der Waals surface area contributed by atoms with Crippen LogP contribution in [0.3, 0.4) is 0 Å². The highest BCUT2D eigenvalue weighted by atomic mass is 16.2. The van der Waals surface area contributed by atoms with Gasteiger partial charge >= 0.3 is 0 Å². The maximum atomic E-state index is 11.9. The van der Waals surface area contributed by atoms with E-state index >= 15 is 0 Å². The Kier molecular flexibility index (Phi) is 3.14. The van der Waals surface area contributed by atoms with E-state index in [1.54, 1.807) is 6.20 Å². The van der Waals surface area contributed by atoms with Gasteiger partial charge in [-0.15, -0.1) is 0 Å². The molecule has 2 heterocycles. The van der Waals surface area contributed by atoms with Crippen LogP contribution < -0.4 is 10.6 Å². The molecule has 0 radical (unpaired) electrons. The maximum Gasteiger partial charge on any atom is 0.241 e. The number of hydrogen-bond donors (Lipinski definition) is 2. The molecule has 1 amide bonds. The lowest BCUT2D eigenvalue weighted by molar-refractivity contribution is -0.119. The van der Waals surface area contributed by atoms with E-state index < -0.39 is 0 Å². The van der Waals surface area contributed by atoms with Crippen molar-refractivity contribution in [3.8, 4) is 0 Å². The van der Waals surface area contributed by atoms with Crippen molar-refractivity contribution in [2.45, 2.75) is 32.9 Å². The Hall–Kier alpha value is -1.49. The summed E-state index contributed by atoms with van der Waals surface area (Å²) in [6.07, 6.45) is 4.10. The molecule has 0 aromatic carbocycles. The fourth-order valence-electron chi connectivity index (χ4n) is 1.81. The van der Waals surface area contributed by atoms with Crippen LogP contribution in [-0.2, 0) is 11.3 Å². The lowest BCUT2D eigenvalue weighted by Crippen LogP contribution is -2.42. The number of carbonyl (C=O) groups excluding carboxylic acids is 1. The van der Waals surface area contributed by atoms with Gasteiger partial charge in [-0.1, -0.05) is 20.3 Å². The van der Waals surface area contributed by atoms with Crippen LogP contribution >= 0.6 is 0 Å². The standard InChI is InChI=1S/C11H16N4O/c1-3-7(2)10-11(16)15-9-4-12-6-14-8(9)5-13-10/h4,6-7,10,13H,3,5H2,1-2H3,(H,15,16)/t7-,10-/m0/s1. The van der Waals surface area contributed by atoms with E-state index in [4.69, 9.17) is 0 Å². The summed E-state index contributed by atoms with van der Waals surface area (Å²) in [4.78, 5) is 20.0. The Balaban J connectivity index is 2.22. The number of nitrogens with one attached hydrogen (secondary N) is 2. The first kappa shape index (κ1) is 11.0. The van der Waals surface area contributed by atoms with Crippen molar-refractivity contribution >= 4 is 11.6 Å². The van der Waals surface area contributed by atoms with Gasteiger partial charge in [-0.05, 0) is 5.92 Å². The number of hydrogen-bond acceptors (Lipinski definition) is 4. The molecule has 1 aromatic heterocycles. The monoisotopic (exact) mass is 220 g/mol. The molecule has 0 unspecified atom stereocenters. The second-order valence-electron chi connectivity index (χ2n) is 4.12. The van der Waals surface area contributed by atoms with Gasteiger partial charge in [0.2, 0.25) is 5.91 Å². The van der Waals surface area contributed by atoms with Crippen molar-refractivity contribution in [3.05, 3.63) is 18.2 Å². The molecule has 2 atom stereocenters. The number of anilines is 1. The number of aromatic nitrogens is 2. The quantitative estimate of drug-likeness (QED) is 0.778. The smallest absolute Gasteiger partial charge is 0.241 e. The van der Waals surface area contributed by atoms with Crippen molar-refractivity contribution in [1.82, 2.24) is 15.3 Å². The second-order valence-corrected chi connectivity index (χ2v) is 4.12. The molecule has 2 N–H and O–H groups in total. The van der Waals surface area contributed by atoms with Gasteiger partial charge in [-0.25, -0.2) is 9.97 Å². The predicted octanol–water partition coefficient (Wildman–Crippen LogP) is 0.933. The first-order chi connectivity index (χ1) is 7.72. The summed E-state index contributed by atoms with van der Waals surface area (Å²) in [6, 6.07) is -0.154. The summed E-state index contributed by atoms with van der Waals surface area (Å²) in [5.74, 6) is 0.310. The number of rotatable bonds is 2. The third kappa shape index (κ3) is 2.04. The van der Waals surface area contributed by atoms with E-state index in [0.29, 0.717) is 18.2 Å². The van der Waals surface area contributed by atoms with E-state index in [2.05, 4.69) is 34.4 Å². The zero-order valence-corrected chi connectivity index (χ0v) is 9.53. The lowest BCUT2D eigenvalue weighted by atomic mass is 9.99. The van der Waals surface area contributed by atoms with E-state index in [1.165, 1.54) is 6.33 Å². The Bertz CT molecular complexity index is 393. The first-order valence-corrected chi connectivity index (χ1v) is 5.55. The maximum absolute atomic E-state index is 11.9. The third-order valence-electron chi connectivity index (χ3n) is 3.04. The predicted molar refractivity (Wildman–Crippen MR) is 60.7 cm³/mol. The van der Waals surface area contributed by atoms with E-state index in [9.17, 15) is 4.79 Å². The van der Waals surface area contributed by atoms with Crippen LogP contribution in [0, 0.1) is 5.92 Å². The summed E-state index contributed by atoms with van der Waals surface area (Å²) >= 11 is 0. The fraction of sp³-hybridized carbons (Fsp3) is 0.545. The fourth-order valence-corrected chi connectivity index (χ4v) is 1.81. The molecule has 0 aliphatic carbocycles. The molecule has 2 rings (SSSR count). The molecule has 1 aliphatic rings. The van der Waals surface area contributed by atoms with Crippen LogP contribution in [0.2, 0.25) is 0 Å². The summed E-state index contributed by atoms with van der Waals surface area (Å²) in [5, 5.41) is 6.10. The van der Waals surface area contributed by atoms with Gasteiger partial charge in [0.1, 0.15) is 6.33 Å². The largest absolute Gasteiger partial charge is 0.322 e. The van der Waals surface area contributed by atoms with Crippen LogP contribution in [0.4, 0.5) is 5.69 Å². The van der Waals surface area contributed by atoms with Crippen molar-refractivity contribution in [2.24, 2.45) is 5.92 Å². The second kappa shape index (κ2) is 4.57. The molecular weight excluding hydrogens is 204 g/mol. The van der Waals surface area contributed by atoms with E-state index in [-0.39, 0.29) is 11.9 Å². The summed E-state index contributed by atoms with van der Waals surface area (Å²) < 4.78 is 0. The molecule has 1 aliphatic heterocycles. The van der Waals surface area contributed by atoms with Gasteiger partial charge in [0.25, 0.3) is 0 Å². The van der Waals surface area contributed by atoms with Gasteiger partial charge in [-0.3, -0.25) is 10.1 Å². The minimum atomic E-state index is -0.154. The highest BCUT2D eigenvalue weighted by Gasteiger charge is 2.27. The van der Waals surface area contributed by atoms with E-state index in [1.807, 2.05) is 0 Å². The minimum absolute atomic E-state index is 0.00269. The number of nitrogens with zero attached hydrogens (tertiary/aromatic N) is 2. The Morgan fingerprint density at radius 3 is 3.19 bits per heavy atom. The van der Waals surface area contributed by atoms with Crippen molar-refractivity contribution in [3.63, 3.8) is 0 Å². The number of amides is 1. The van der Waals surface area contributed by atoms with E-state index in [0.717, 1.165) is 12.1 Å².